The Bertz CT molecular complexity index is 668. The number of thiazole rings is 1. The topological polar surface area (TPSA) is 71.5 Å². The SMILES string of the molecule is Cc1nc2cc(O)cc(O[C@H](C)[C@H]3CNC(=O)C3)c2s1. The van der Waals surface area contributed by atoms with Crippen LogP contribution in [-0.2, 0) is 4.79 Å². The summed E-state index contributed by atoms with van der Waals surface area (Å²) in [4.78, 5) is 15.6. The molecule has 0 spiro atoms. The van der Waals surface area contributed by atoms with Crippen molar-refractivity contribution >= 4 is 27.5 Å². The summed E-state index contributed by atoms with van der Waals surface area (Å²) in [6.07, 6.45) is 0.395. The van der Waals surface area contributed by atoms with Crippen molar-refractivity contribution in [1.29, 1.82) is 0 Å². The fourth-order valence-corrected chi connectivity index (χ4v) is 3.30. The number of nitrogens with zero attached hydrogens (tertiary/aromatic N) is 1. The molecule has 0 aliphatic carbocycles. The van der Waals surface area contributed by atoms with E-state index in [1.165, 1.54) is 0 Å². The standard InChI is InChI=1S/C14H16N2O3S/c1-7(9-3-13(18)15-6-9)19-12-5-10(17)4-11-14(12)20-8(2)16-11/h4-5,7,9,17H,3,6H2,1-2H3,(H,15,18)/t7-,9-/m1/s1. The molecule has 3 rings (SSSR count). The van der Waals surface area contributed by atoms with E-state index in [9.17, 15) is 9.90 Å². The Morgan fingerprint density at radius 1 is 1.55 bits per heavy atom. The van der Waals surface area contributed by atoms with Gasteiger partial charge < -0.3 is 15.2 Å². The van der Waals surface area contributed by atoms with Crippen molar-refractivity contribution in [2.75, 3.05) is 6.54 Å². The van der Waals surface area contributed by atoms with Gasteiger partial charge in [-0.3, -0.25) is 4.79 Å². The number of phenols is 1. The van der Waals surface area contributed by atoms with Gasteiger partial charge in [0.05, 0.1) is 15.2 Å². The molecule has 2 heterocycles. The number of benzene rings is 1. The summed E-state index contributed by atoms with van der Waals surface area (Å²) in [6, 6.07) is 3.25. The first-order valence-corrected chi connectivity index (χ1v) is 7.38. The smallest absolute Gasteiger partial charge is 0.220 e. The minimum absolute atomic E-state index is 0.0696. The molecule has 2 aromatic rings. The number of aryl methyl sites for hydroxylation is 1. The van der Waals surface area contributed by atoms with Crippen molar-refractivity contribution in [2.45, 2.75) is 26.4 Å². The number of amides is 1. The number of phenolic OH excluding ortho intramolecular Hbond substituents is 1. The van der Waals surface area contributed by atoms with Gasteiger partial charge in [-0.05, 0) is 13.8 Å². The molecule has 1 saturated heterocycles. The van der Waals surface area contributed by atoms with Gasteiger partial charge in [0.15, 0.2) is 0 Å². The molecule has 0 bridgehead atoms. The first-order valence-electron chi connectivity index (χ1n) is 6.56. The van der Waals surface area contributed by atoms with E-state index >= 15 is 0 Å². The van der Waals surface area contributed by atoms with Crippen LogP contribution in [0, 0.1) is 12.8 Å². The van der Waals surface area contributed by atoms with Crippen molar-refractivity contribution in [3.63, 3.8) is 0 Å². The molecule has 1 aliphatic heterocycles. The summed E-state index contributed by atoms with van der Waals surface area (Å²) in [5.74, 6) is 1.01. The zero-order valence-corrected chi connectivity index (χ0v) is 12.2. The van der Waals surface area contributed by atoms with Crippen molar-refractivity contribution in [3.05, 3.63) is 17.1 Å². The van der Waals surface area contributed by atoms with E-state index < -0.39 is 0 Å². The summed E-state index contributed by atoms with van der Waals surface area (Å²) in [5, 5.41) is 13.5. The van der Waals surface area contributed by atoms with Crippen LogP contribution in [0.2, 0.25) is 0 Å². The number of ether oxygens (including phenoxy) is 1. The van der Waals surface area contributed by atoms with E-state index in [1.807, 2.05) is 13.8 Å². The molecule has 6 heteroatoms. The number of aromatic hydroxyl groups is 1. The molecular weight excluding hydrogens is 276 g/mol. The molecule has 5 nitrogen and oxygen atoms in total. The molecule has 2 atom stereocenters. The van der Waals surface area contributed by atoms with Crippen molar-refractivity contribution < 1.29 is 14.6 Å². The number of nitrogens with one attached hydrogen (secondary N) is 1. The molecule has 1 amide bonds. The van der Waals surface area contributed by atoms with E-state index in [1.54, 1.807) is 23.5 Å². The Morgan fingerprint density at radius 2 is 2.35 bits per heavy atom. The maximum atomic E-state index is 11.3. The molecule has 20 heavy (non-hydrogen) atoms. The summed E-state index contributed by atoms with van der Waals surface area (Å²) >= 11 is 1.54. The van der Waals surface area contributed by atoms with Gasteiger partial charge in [-0.25, -0.2) is 4.98 Å². The third-order valence-corrected chi connectivity index (χ3v) is 4.53. The largest absolute Gasteiger partial charge is 0.508 e. The Morgan fingerprint density at radius 3 is 3.05 bits per heavy atom. The van der Waals surface area contributed by atoms with Crippen molar-refractivity contribution in [3.8, 4) is 11.5 Å². The molecule has 0 saturated carbocycles. The van der Waals surface area contributed by atoms with Gasteiger partial charge in [0.1, 0.15) is 17.6 Å². The summed E-state index contributed by atoms with van der Waals surface area (Å²) in [5.41, 5.74) is 0.746. The fraction of sp³-hybridized carbons (Fsp3) is 0.429. The molecule has 1 aromatic carbocycles. The second-order valence-corrected chi connectivity index (χ2v) is 6.32. The van der Waals surface area contributed by atoms with Gasteiger partial charge in [0.25, 0.3) is 0 Å². The molecule has 0 radical (unpaired) electrons. The molecule has 0 unspecified atom stereocenters. The van der Waals surface area contributed by atoms with Crippen LogP contribution in [0.3, 0.4) is 0 Å². The first-order chi connectivity index (χ1) is 9.52. The van der Waals surface area contributed by atoms with Gasteiger partial charge in [-0.15, -0.1) is 11.3 Å². The van der Waals surface area contributed by atoms with E-state index in [2.05, 4.69) is 10.3 Å². The zero-order valence-electron chi connectivity index (χ0n) is 11.3. The number of rotatable bonds is 3. The predicted octanol–water partition coefficient (Wildman–Crippen LogP) is 2.21. The molecule has 1 aliphatic rings. The number of hydrogen-bond donors (Lipinski definition) is 2. The maximum Gasteiger partial charge on any atom is 0.220 e. The normalized spacial score (nSPS) is 20.1. The van der Waals surface area contributed by atoms with Gasteiger partial charge in [-0.2, -0.15) is 0 Å². The molecule has 1 fully saturated rings. The lowest BCUT2D eigenvalue weighted by molar-refractivity contribution is -0.119. The Labute approximate surface area is 120 Å². The van der Waals surface area contributed by atoms with E-state index in [0.717, 1.165) is 15.2 Å². The van der Waals surface area contributed by atoms with E-state index in [-0.39, 0.29) is 23.7 Å². The first kappa shape index (κ1) is 13.2. The molecule has 2 N–H and O–H groups in total. The second kappa shape index (κ2) is 4.94. The van der Waals surface area contributed by atoms with Crippen LogP contribution in [-0.4, -0.2) is 28.6 Å². The average molecular weight is 292 g/mol. The summed E-state index contributed by atoms with van der Waals surface area (Å²) in [7, 11) is 0. The van der Waals surface area contributed by atoms with Gasteiger partial charge >= 0.3 is 0 Å². The molecule has 106 valence electrons. The average Bonchev–Trinajstić information content (AvgIpc) is 2.94. The highest BCUT2D eigenvalue weighted by Gasteiger charge is 2.28. The fourth-order valence-electron chi connectivity index (χ4n) is 2.44. The minimum atomic E-state index is -0.0960. The number of hydrogen-bond acceptors (Lipinski definition) is 5. The highest BCUT2D eigenvalue weighted by atomic mass is 32.1. The highest BCUT2D eigenvalue weighted by Crippen LogP contribution is 2.36. The number of carbonyl (C=O) groups is 1. The lowest BCUT2D eigenvalue weighted by atomic mass is 10.0. The van der Waals surface area contributed by atoms with Gasteiger partial charge in [0.2, 0.25) is 5.91 Å². The van der Waals surface area contributed by atoms with Crippen molar-refractivity contribution in [1.82, 2.24) is 10.3 Å². The third kappa shape index (κ3) is 2.43. The summed E-state index contributed by atoms with van der Waals surface area (Å²) in [6.45, 7) is 4.52. The summed E-state index contributed by atoms with van der Waals surface area (Å²) < 4.78 is 6.91. The second-order valence-electron chi connectivity index (χ2n) is 5.12. The number of aromatic nitrogens is 1. The minimum Gasteiger partial charge on any atom is -0.508 e. The van der Waals surface area contributed by atoms with Crippen LogP contribution in [0.25, 0.3) is 10.2 Å². The number of fused-ring (bicyclic) bond motifs is 1. The lowest BCUT2D eigenvalue weighted by Gasteiger charge is -2.19. The number of carbonyl (C=O) groups excluding carboxylic acids is 1. The van der Waals surface area contributed by atoms with E-state index in [4.69, 9.17) is 4.74 Å². The van der Waals surface area contributed by atoms with Crippen molar-refractivity contribution in [2.24, 2.45) is 5.92 Å². The Balaban J connectivity index is 1.88. The Kier molecular flexibility index (Phi) is 3.25. The molecular formula is C14H16N2O3S. The predicted molar refractivity (Wildman–Crippen MR) is 77.2 cm³/mol. The highest BCUT2D eigenvalue weighted by molar-refractivity contribution is 7.18. The molecule has 1 aromatic heterocycles. The van der Waals surface area contributed by atoms with Crippen LogP contribution >= 0.6 is 11.3 Å². The van der Waals surface area contributed by atoms with Gasteiger partial charge in [-0.1, -0.05) is 0 Å². The third-order valence-electron chi connectivity index (χ3n) is 3.53. The van der Waals surface area contributed by atoms with Crippen LogP contribution in [0.5, 0.6) is 11.5 Å². The van der Waals surface area contributed by atoms with Crippen LogP contribution in [0.1, 0.15) is 18.4 Å². The van der Waals surface area contributed by atoms with Crippen LogP contribution in [0.15, 0.2) is 12.1 Å². The zero-order chi connectivity index (χ0) is 14.3. The van der Waals surface area contributed by atoms with Crippen LogP contribution < -0.4 is 10.1 Å². The Hall–Kier alpha value is -1.82. The maximum absolute atomic E-state index is 11.3. The van der Waals surface area contributed by atoms with Gasteiger partial charge in [0, 0.05) is 31.0 Å². The quantitative estimate of drug-likeness (QED) is 0.910. The monoisotopic (exact) mass is 292 g/mol. The van der Waals surface area contributed by atoms with E-state index in [0.29, 0.717) is 18.7 Å². The lowest BCUT2D eigenvalue weighted by Crippen LogP contribution is -2.25. The van der Waals surface area contributed by atoms with Crippen LogP contribution in [0.4, 0.5) is 0 Å².